The van der Waals surface area contributed by atoms with E-state index in [2.05, 4.69) is 27.6 Å². The number of rotatable bonds is 2. The lowest BCUT2D eigenvalue weighted by molar-refractivity contribution is 0.555. The SMILES string of the molecule is NC(c1cccc(I)c1)c1ccc2[nH]c(=O)oc2c1. The van der Waals surface area contributed by atoms with E-state index in [1.165, 1.54) is 0 Å². The fourth-order valence-electron chi connectivity index (χ4n) is 2.05. The molecule has 5 heteroatoms. The zero-order valence-electron chi connectivity index (χ0n) is 9.89. The molecule has 1 unspecified atom stereocenters. The number of aromatic nitrogens is 1. The number of oxazole rings is 1. The monoisotopic (exact) mass is 366 g/mol. The molecule has 2 aromatic carbocycles. The molecule has 3 rings (SSSR count). The van der Waals surface area contributed by atoms with Gasteiger partial charge >= 0.3 is 5.76 Å². The molecule has 1 atom stereocenters. The summed E-state index contributed by atoms with van der Waals surface area (Å²) in [6, 6.07) is 13.3. The van der Waals surface area contributed by atoms with Gasteiger partial charge in [0.25, 0.3) is 0 Å². The minimum atomic E-state index is -0.449. The number of hydrogen-bond donors (Lipinski definition) is 2. The number of nitrogens with two attached hydrogens (primary N) is 1. The molecular formula is C14H11IN2O2. The van der Waals surface area contributed by atoms with E-state index in [-0.39, 0.29) is 6.04 Å². The van der Waals surface area contributed by atoms with E-state index >= 15 is 0 Å². The molecular weight excluding hydrogens is 355 g/mol. The van der Waals surface area contributed by atoms with Crippen LogP contribution >= 0.6 is 22.6 Å². The number of benzene rings is 2. The average molecular weight is 366 g/mol. The smallest absolute Gasteiger partial charge is 0.408 e. The first kappa shape index (κ1) is 12.4. The van der Waals surface area contributed by atoms with E-state index in [9.17, 15) is 4.79 Å². The molecule has 3 N–H and O–H groups in total. The van der Waals surface area contributed by atoms with Gasteiger partial charge in [0, 0.05) is 3.57 Å². The van der Waals surface area contributed by atoms with Crippen LogP contribution in [0.2, 0.25) is 0 Å². The van der Waals surface area contributed by atoms with Gasteiger partial charge in [0.05, 0.1) is 11.6 Å². The average Bonchev–Trinajstić information content (AvgIpc) is 2.76. The zero-order chi connectivity index (χ0) is 13.4. The Hall–Kier alpha value is -1.60. The van der Waals surface area contributed by atoms with Crippen molar-refractivity contribution < 1.29 is 4.42 Å². The summed E-state index contributed by atoms with van der Waals surface area (Å²) in [7, 11) is 0. The maximum absolute atomic E-state index is 11.1. The van der Waals surface area contributed by atoms with Crippen molar-refractivity contribution in [2.45, 2.75) is 6.04 Å². The minimum absolute atomic E-state index is 0.237. The summed E-state index contributed by atoms with van der Waals surface area (Å²) >= 11 is 2.26. The van der Waals surface area contributed by atoms with E-state index in [4.69, 9.17) is 10.2 Å². The molecule has 0 bridgehead atoms. The number of nitrogens with one attached hydrogen (secondary N) is 1. The third-order valence-corrected chi connectivity index (χ3v) is 3.68. The highest BCUT2D eigenvalue weighted by Gasteiger charge is 2.11. The van der Waals surface area contributed by atoms with Crippen LogP contribution in [0.5, 0.6) is 0 Å². The van der Waals surface area contributed by atoms with Gasteiger partial charge in [0.2, 0.25) is 0 Å². The molecule has 0 amide bonds. The maximum Gasteiger partial charge on any atom is 0.417 e. The highest BCUT2D eigenvalue weighted by atomic mass is 127. The second-order valence-electron chi connectivity index (χ2n) is 4.30. The number of hydrogen-bond acceptors (Lipinski definition) is 3. The van der Waals surface area contributed by atoms with Crippen LogP contribution in [0.3, 0.4) is 0 Å². The predicted molar refractivity (Wildman–Crippen MR) is 82.0 cm³/mol. The van der Waals surface area contributed by atoms with Gasteiger partial charge in [0.1, 0.15) is 0 Å². The molecule has 19 heavy (non-hydrogen) atoms. The summed E-state index contributed by atoms with van der Waals surface area (Å²) in [5.41, 5.74) is 9.41. The number of halogens is 1. The highest BCUT2D eigenvalue weighted by molar-refractivity contribution is 14.1. The van der Waals surface area contributed by atoms with E-state index in [0.717, 1.165) is 14.7 Å². The third kappa shape index (κ3) is 2.43. The lowest BCUT2D eigenvalue weighted by atomic mass is 9.99. The Kier molecular flexibility index (Phi) is 3.16. The Balaban J connectivity index is 2.05. The predicted octanol–water partition coefficient (Wildman–Crippen LogP) is 2.77. The molecule has 1 aromatic heterocycles. The summed E-state index contributed by atoms with van der Waals surface area (Å²) in [4.78, 5) is 13.7. The summed E-state index contributed by atoms with van der Waals surface area (Å²) in [6.45, 7) is 0. The first-order valence-electron chi connectivity index (χ1n) is 5.77. The Morgan fingerprint density at radius 1 is 1.16 bits per heavy atom. The molecule has 96 valence electrons. The maximum atomic E-state index is 11.1. The Bertz CT molecular complexity index is 791. The number of fused-ring (bicyclic) bond motifs is 1. The quantitative estimate of drug-likeness (QED) is 0.686. The summed E-state index contributed by atoms with van der Waals surface area (Å²) in [6.07, 6.45) is 0. The van der Waals surface area contributed by atoms with E-state index in [1.807, 2.05) is 36.4 Å². The fourth-order valence-corrected chi connectivity index (χ4v) is 2.62. The van der Waals surface area contributed by atoms with Crippen molar-refractivity contribution in [3.05, 3.63) is 67.7 Å². The third-order valence-electron chi connectivity index (χ3n) is 3.01. The molecule has 0 fully saturated rings. The first-order valence-corrected chi connectivity index (χ1v) is 6.85. The van der Waals surface area contributed by atoms with E-state index in [0.29, 0.717) is 11.1 Å². The summed E-state index contributed by atoms with van der Waals surface area (Å²) in [5.74, 6) is -0.449. The summed E-state index contributed by atoms with van der Waals surface area (Å²) in [5, 5.41) is 0. The molecule has 0 saturated carbocycles. The van der Waals surface area contributed by atoms with Crippen LogP contribution in [0.25, 0.3) is 11.1 Å². The fraction of sp³-hybridized carbons (Fsp3) is 0.0714. The van der Waals surface area contributed by atoms with Crippen molar-refractivity contribution in [3.8, 4) is 0 Å². The van der Waals surface area contributed by atoms with Gasteiger partial charge in [-0.05, 0) is 58.0 Å². The van der Waals surface area contributed by atoms with Crippen LogP contribution < -0.4 is 11.5 Å². The second-order valence-corrected chi connectivity index (χ2v) is 5.55. The lowest BCUT2D eigenvalue weighted by Crippen LogP contribution is -2.11. The molecule has 0 spiro atoms. The largest absolute Gasteiger partial charge is 0.417 e. The Morgan fingerprint density at radius 2 is 1.95 bits per heavy atom. The van der Waals surface area contributed by atoms with Crippen molar-refractivity contribution in [3.63, 3.8) is 0 Å². The van der Waals surface area contributed by atoms with Crippen LogP contribution in [0, 0.1) is 3.57 Å². The normalized spacial score (nSPS) is 12.7. The topological polar surface area (TPSA) is 72.0 Å². The molecule has 0 radical (unpaired) electrons. The molecule has 0 saturated heterocycles. The molecule has 4 nitrogen and oxygen atoms in total. The molecule has 0 aliphatic rings. The number of aromatic amines is 1. The van der Waals surface area contributed by atoms with Crippen LogP contribution in [-0.4, -0.2) is 4.98 Å². The van der Waals surface area contributed by atoms with Crippen molar-refractivity contribution >= 4 is 33.7 Å². The lowest BCUT2D eigenvalue weighted by Gasteiger charge is -2.12. The van der Waals surface area contributed by atoms with Gasteiger partial charge in [-0.15, -0.1) is 0 Å². The van der Waals surface area contributed by atoms with Crippen LogP contribution in [0.15, 0.2) is 51.7 Å². The van der Waals surface area contributed by atoms with Crippen molar-refractivity contribution in [1.82, 2.24) is 4.98 Å². The Morgan fingerprint density at radius 3 is 2.74 bits per heavy atom. The van der Waals surface area contributed by atoms with Crippen LogP contribution in [0.1, 0.15) is 17.2 Å². The van der Waals surface area contributed by atoms with Gasteiger partial charge in [0.15, 0.2) is 5.58 Å². The van der Waals surface area contributed by atoms with Gasteiger partial charge in [-0.25, -0.2) is 4.79 Å². The van der Waals surface area contributed by atoms with Gasteiger partial charge in [-0.3, -0.25) is 4.98 Å². The molecule has 0 aliphatic heterocycles. The van der Waals surface area contributed by atoms with E-state index < -0.39 is 5.76 Å². The first-order chi connectivity index (χ1) is 9.13. The molecule has 3 aromatic rings. The number of H-pyrrole nitrogens is 1. The van der Waals surface area contributed by atoms with Gasteiger partial charge in [-0.1, -0.05) is 18.2 Å². The minimum Gasteiger partial charge on any atom is -0.408 e. The second kappa shape index (κ2) is 4.82. The van der Waals surface area contributed by atoms with E-state index in [1.54, 1.807) is 6.07 Å². The van der Waals surface area contributed by atoms with Crippen molar-refractivity contribution in [1.29, 1.82) is 0 Å². The zero-order valence-corrected chi connectivity index (χ0v) is 12.0. The van der Waals surface area contributed by atoms with Crippen molar-refractivity contribution in [2.24, 2.45) is 5.73 Å². The van der Waals surface area contributed by atoms with Gasteiger partial charge in [-0.2, -0.15) is 0 Å². The summed E-state index contributed by atoms with van der Waals surface area (Å²) < 4.78 is 6.19. The van der Waals surface area contributed by atoms with Crippen LogP contribution in [0.4, 0.5) is 0 Å². The molecule has 1 heterocycles. The van der Waals surface area contributed by atoms with Crippen molar-refractivity contribution in [2.75, 3.05) is 0 Å². The Labute approximate surface area is 122 Å². The van der Waals surface area contributed by atoms with Gasteiger partial charge < -0.3 is 10.2 Å². The molecule has 0 aliphatic carbocycles. The van der Waals surface area contributed by atoms with Crippen LogP contribution in [-0.2, 0) is 0 Å². The highest BCUT2D eigenvalue weighted by Crippen LogP contribution is 2.23. The standard InChI is InChI=1S/C14H11IN2O2/c15-10-3-1-2-8(6-10)13(16)9-4-5-11-12(7-9)19-14(18)17-11/h1-7,13H,16H2,(H,17,18).